The quantitative estimate of drug-likeness (QED) is 0.619. The summed E-state index contributed by atoms with van der Waals surface area (Å²) in [5.74, 6) is 0.526. The smallest absolute Gasteiger partial charge is 0.270 e. The third-order valence-electron chi connectivity index (χ3n) is 4.23. The average Bonchev–Trinajstić information content (AvgIpc) is 3.06. The van der Waals surface area contributed by atoms with Crippen LogP contribution < -0.4 is 5.32 Å². The number of nitro benzene ring substituents is 1. The number of benzene rings is 1. The average molecular weight is 373 g/mol. The zero-order valence-corrected chi connectivity index (χ0v) is 14.8. The molecule has 1 aromatic heterocycles. The van der Waals surface area contributed by atoms with Crippen LogP contribution in [0.4, 0.5) is 11.5 Å². The number of nitro groups is 1. The van der Waals surface area contributed by atoms with Gasteiger partial charge in [0.1, 0.15) is 5.76 Å². The van der Waals surface area contributed by atoms with Gasteiger partial charge in [0.05, 0.1) is 11.5 Å². The number of carbonyl (C=O) groups excluding carboxylic acids is 2. The zero-order chi connectivity index (χ0) is 19.4. The minimum atomic E-state index is -0.524. The maximum atomic E-state index is 12.5. The highest BCUT2D eigenvalue weighted by Gasteiger charge is 2.24. The Morgan fingerprint density at radius 3 is 2.63 bits per heavy atom. The number of hydrogen-bond donors (Lipinski definition) is 1. The predicted molar refractivity (Wildman–Crippen MR) is 95.3 cm³/mol. The van der Waals surface area contributed by atoms with E-state index < -0.39 is 4.92 Å². The van der Waals surface area contributed by atoms with Gasteiger partial charge in [-0.15, -0.1) is 0 Å². The zero-order valence-electron chi connectivity index (χ0n) is 14.8. The van der Waals surface area contributed by atoms with E-state index in [0.717, 1.165) is 0 Å². The topological polar surface area (TPSA) is 122 Å². The summed E-state index contributed by atoms with van der Waals surface area (Å²) in [7, 11) is 0. The van der Waals surface area contributed by atoms with Crippen LogP contribution in [0.1, 0.15) is 16.1 Å². The highest BCUT2D eigenvalue weighted by atomic mass is 16.6. The summed E-state index contributed by atoms with van der Waals surface area (Å²) in [5.41, 5.74) is 0.177. The van der Waals surface area contributed by atoms with Gasteiger partial charge in [0.2, 0.25) is 5.91 Å². The summed E-state index contributed by atoms with van der Waals surface area (Å²) in [6.45, 7) is 3.87. The van der Waals surface area contributed by atoms with Crippen molar-refractivity contribution in [3.63, 3.8) is 0 Å². The van der Waals surface area contributed by atoms with Gasteiger partial charge in [-0.25, -0.2) is 0 Å². The SMILES string of the molecule is Cc1cc(NC(=O)CN2CCN(C(=O)c3cccc([N+](=O)[O-])c3)CC2)no1. The van der Waals surface area contributed by atoms with Crippen LogP contribution >= 0.6 is 0 Å². The van der Waals surface area contributed by atoms with Crippen molar-refractivity contribution in [1.29, 1.82) is 0 Å². The Kier molecular flexibility index (Phi) is 5.46. The molecule has 0 unspecified atom stereocenters. The lowest BCUT2D eigenvalue weighted by Crippen LogP contribution is -2.50. The van der Waals surface area contributed by atoms with Gasteiger partial charge in [0, 0.05) is 49.9 Å². The number of hydrogen-bond acceptors (Lipinski definition) is 7. The molecular weight excluding hydrogens is 354 g/mol. The standard InChI is InChI=1S/C17H19N5O5/c1-12-9-15(19-27-12)18-16(23)11-20-5-7-21(8-6-20)17(24)13-3-2-4-14(10-13)22(25)26/h2-4,9-10H,5-8,11H2,1H3,(H,18,19,23). The van der Waals surface area contributed by atoms with Crippen LogP contribution in [0.5, 0.6) is 0 Å². The van der Waals surface area contributed by atoms with E-state index in [9.17, 15) is 19.7 Å². The van der Waals surface area contributed by atoms with Gasteiger partial charge in [-0.2, -0.15) is 0 Å². The number of non-ortho nitro benzene ring substituents is 1. The molecule has 1 aliphatic heterocycles. The third-order valence-corrected chi connectivity index (χ3v) is 4.23. The molecule has 10 heteroatoms. The van der Waals surface area contributed by atoms with Gasteiger partial charge in [0.15, 0.2) is 5.82 Å². The van der Waals surface area contributed by atoms with Crippen molar-refractivity contribution in [3.8, 4) is 0 Å². The van der Waals surface area contributed by atoms with Gasteiger partial charge in [-0.1, -0.05) is 11.2 Å². The first kappa shape index (κ1) is 18.5. The van der Waals surface area contributed by atoms with Gasteiger partial charge in [-0.3, -0.25) is 24.6 Å². The minimum Gasteiger partial charge on any atom is -0.360 e. The molecule has 0 saturated carbocycles. The van der Waals surface area contributed by atoms with E-state index in [1.54, 1.807) is 24.0 Å². The van der Waals surface area contributed by atoms with Crippen molar-refractivity contribution in [2.45, 2.75) is 6.92 Å². The molecule has 2 aromatic rings. The molecule has 1 N–H and O–H groups in total. The molecule has 0 spiro atoms. The maximum Gasteiger partial charge on any atom is 0.270 e. The molecule has 0 radical (unpaired) electrons. The molecule has 27 heavy (non-hydrogen) atoms. The normalized spacial score (nSPS) is 14.8. The number of aryl methyl sites for hydroxylation is 1. The molecular formula is C17H19N5O5. The van der Waals surface area contributed by atoms with E-state index in [1.165, 1.54) is 18.2 Å². The molecule has 0 atom stereocenters. The summed E-state index contributed by atoms with van der Waals surface area (Å²) in [5, 5.41) is 17.2. The lowest BCUT2D eigenvalue weighted by Gasteiger charge is -2.34. The number of rotatable bonds is 5. The Balaban J connectivity index is 1.51. The van der Waals surface area contributed by atoms with Crippen molar-refractivity contribution in [2.75, 3.05) is 38.0 Å². The van der Waals surface area contributed by atoms with E-state index in [4.69, 9.17) is 4.52 Å². The number of amides is 2. The summed E-state index contributed by atoms with van der Waals surface area (Å²) in [6.07, 6.45) is 0. The lowest BCUT2D eigenvalue weighted by molar-refractivity contribution is -0.384. The molecule has 1 fully saturated rings. The molecule has 3 rings (SSSR count). The van der Waals surface area contributed by atoms with E-state index in [2.05, 4.69) is 10.5 Å². The molecule has 10 nitrogen and oxygen atoms in total. The number of piperazine rings is 1. The third kappa shape index (κ3) is 4.67. The first-order valence-electron chi connectivity index (χ1n) is 8.41. The molecule has 2 heterocycles. The Labute approximate surface area is 154 Å². The van der Waals surface area contributed by atoms with Crippen LogP contribution in [-0.4, -0.2) is 64.4 Å². The van der Waals surface area contributed by atoms with Gasteiger partial charge in [0.25, 0.3) is 11.6 Å². The molecule has 1 aliphatic rings. The van der Waals surface area contributed by atoms with E-state index in [1.807, 2.05) is 4.90 Å². The number of carbonyl (C=O) groups is 2. The first-order chi connectivity index (χ1) is 12.9. The molecule has 0 bridgehead atoms. The van der Waals surface area contributed by atoms with E-state index in [-0.39, 0.29) is 29.6 Å². The second kappa shape index (κ2) is 7.96. The largest absolute Gasteiger partial charge is 0.360 e. The fourth-order valence-corrected chi connectivity index (χ4v) is 2.85. The summed E-state index contributed by atoms with van der Waals surface area (Å²) in [6, 6.07) is 7.33. The Morgan fingerprint density at radius 1 is 1.26 bits per heavy atom. The molecule has 142 valence electrons. The van der Waals surface area contributed by atoms with E-state index in [0.29, 0.717) is 37.8 Å². The van der Waals surface area contributed by atoms with Crippen LogP contribution in [0.3, 0.4) is 0 Å². The molecule has 2 amide bonds. The molecule has 0 aliphatic carbocycles. The van der Waals surface area contributed by atoms with E-state index >= 15 is 0 Å². The second-order valence-electron chi connectivity index (χ2n) is 6.25. The Hall–Kier alpha value is -3.27. The van der Waals surface area contributed by atoms with Gasteiger partial charge >= 0.3 is 0 Å². The van der Waals surface area contributed by atoms with Crippen LogP contribution in [-0.2, 0) is 4.79 Å². The summed E-state index contributed by atoms with van der Waals surface area (Å²) in [4.78, 5) is 38.5. The van der Waals surface area contributed by atoms with Crippen molar-refractivity contribution in [1.82, 2.24) is 15.0 Å². The van der Waals surface area contributed by atoms with Gasteiger partial charge in [-0.05, 0) is 13.0 Å². The van der Waals surface area contributed by atoms with Crippen molar-refractivity contribution in [2.24, 2.45) is 0 Å². The number of anilines is 1. The highest BCUT2D eigenvalue weighted by Crippen LogP contribution is 2.16. The Bertz CT molecular complexity index is 857. The minimum absolute atomic E-state index is 0.112. The predicted octanol–water partition coefficient (Wildman–Crippen LogP) is 1.29. The highest BCUT2D eigenvalue weighted by molar-refractivity contribution is 5.95. The number of nitrogens with one attached hydrogen (secondary N) is 1. The monoisotopic (exact) mass is 373 g/mol. The number of aromatic nitrogens is 1. The van der Waals surface area contributed by atoms with Crippen LogP contribution in [0.25, 0.3) is 0 Å². The van der Waals surface area contributed by atoms with Gasteiger partial charge < -0.3 is 14.7 Å². The lowest BCUT2D eigenvalue weighted by atomic mass is 10.1. The maximum absolute atomic E-state index is 12.5. The molecule has 1 aromatic carbocycles. The second-order valence-corrected chi connectivity index (χ2v) is 6.25. The van der Waals surface area contributed by atoms with Crippen LogP contribution in [0.15, 0.2) is 34.9 Å². The Morgan fingerprint density at radius 2 is 2.00 bits per heavy atom. The first-order valence-corrected chi connectivity index (χ1v) is 8.41. The van der Waals surface area contributed by atoms with Crippen molar-refractivity contribution >= 4 is 23.3 Å². The fourth-order valence-electron chi connectivity index (χ4n) is 2.85. The van der Waals surface area contributed by atoms with Crippen molar-refractivity contribution < 1.29 is 19.0 Å². The van der Waals surface area contributed by atoms with Crippen molar-refractivity contribution in [3.05, 3.63) is 51.8 Å². The summed E-state index contributed by atoms with van der Waals surface area (Å²) >= 11 is 0. The fraction of sp³-hybridized carbons (Fsp3) is 0.353. The summed E-state index contributed by atoms with van der Waals surface area (Å²) < 4.78 is 4.90. The van der Waals surface area contributed by atoms with Crippen LogP contribution in [0.2, 0.25) is 0 Å². The van der Waals surface area contributed by atoms with Crippen LogP contribution in [0, 0.1) is 17.0 Å². The molecule has 1 saturated heterocycles. The number of nitrogens with zero attached hydrogens (tertiary/aromatic N) is 4.